The van der Waals surface area contributed by atoms with E-state index in [1.54, 1.807) is 12.0 Å². The van der Waals surface area contributed by atoms with Gasteiger partial charge in [0.05, 0.1) is 18.7 Å². The summed E-state index contributed by atoms with van der Waals surface area (Å²) in [4.78, 5) is 28.2. The number of methoxy groups -OCH3 is 1. The normalized spacial score (nSPS) is 21.2. The number of carbonyl (C=O) groups is 2. The molecule has 0 radical (unpaired) electrons. The van der Waals surface area contributed by atoms with Crippen LogP contribution in [-0.4, -0.2) is 34.8 Å². The number of carbonyl (C=O) groups excluding carboxylic acids is 2. The number of aryl methyl sites for hydroxylation is 3. The van der Waals surface area contributed by atoms with Crippen LogP contribution in [0, 0.1) is 20.8 Å². The molecule has 1 saturated heterocycles. The Labute approximate surface area is 183 Å². The molecule has 1 heterocycles. The SMILES string of the molecule is COc1cc(C)c(/C(O)=C2\C(=O)C(=O)N(C3CCCC3)C2c2ccccc2C)cc1C. The van der Waals surface area contributed by atoms with Gasteiger partial charge in [-0.3, -0.25) is 9.59 Å². The topological polar surface area (TPSA) is 66.8 Å². The molecular weight excluding hydrogens is 390 g/mol. The fraction of sp³-hybridized carbons (Fsp3) is 0.385. The summed E-state index contributed by atoms with van der Waals surface area (Å²) in [6.07, 6.45) is 3.86. The van der Waals surface area contributed by atoms with Crippen LogP contribution in [0.4, 0.5) is 0 Å². The van der Waals surface area contributed by atoms with Crippen molar-refractivity contribution in [2.24, 2.45) is 0 Å². The fourth-order valence-electron chi connectivity index (χ4n) is 5.02. The Balaban J connectivity index is 1.94. The number of hydrogen-bond donors (Lipinski definition) is 1. The summed E-state index contributed by atoms with van der Waals surface area (Å²) in [5.74, 6) is -0.513. The first-order valence-corrected chi connectivity index (χ1v) is 10.9. The lowest BCUT2D eigenvalue weighted by molar-refractivity contribution is -0.141. The highest BCUT2D eigenvalue weighted by Gasteiger charge is 2.49. The van der Waals surface area contributed by atoms with Crippen molar-refractivity contribution in [1.82, 2.24) is 4.90 Å². The largest absolute Gasteiger partial charge is 0.507 e. The minimum Gasteiger partial charge on any atom is -0.507 e. The lowest BCUT2D eigenvalue weighted by atomic mass is 9.90. The van der Waals surface area contributed by atoms with Crippen molar-refractivity contribution in [3.8, 4) is 5.75 Å². The Hall–Kier alpha value is -3.08. The van der Waals surface area contributed by atoms with E-state index in [9.17, 15) is 14.7 Å². The molecule has 31 heavy (non-hydrogen) atoms. The molecule has 162 valence electrons. The van der Waals surface area contributed by atoms with Crippen LogP contribution in [0.25, 0.3) is 5.76 Å². The van der Waals surface area contributed by atoms with Gasteiger partial charge in [-0.2, -0.15) is 0 Å². The van der Waals surface area contributed by atoms with Gasteiger partial charge in [-0.1, -0.05) is 37.1 Å². The standard InChI is InChI=1S/C26H29NO4/c1-15-9-5-8-12-19(15)23-22(25(29)26(30)27(23)18-10-6-7-11-18)24(28)20-13-17(3)21(31-4)14-16(20)2/h5,8-9,12-14,18,23,28H,6-7,10-11H2,1-4H3/b24-22+. The van der Waals surface area contributed by atoms with Crippen molar-refractivity contribution in [1.29, 1.82) is 0 Å². The zero-order valence-electron chi connectivity index (χ0n) is 18.6. The van der Waals surface area contributed by atoms with E-state index in [1.165, 1.54) is 0 Å². The Morgan fingerprint density at radius 1 is 1.00 bits per heavy atom. The molecule has 1 unspecified atom stereocenters. The summed E-state index contributed by atoms with van der Waals surface area (Å²) in [6, 6.07) is 10.9. The number of ether oxygens (including phenoxy) is 1. The molecule has 1 saturated carbocycles. The average Bonchev–Trinajstić information content (AvgIpc) is 3.36. The van der Waals surface area contributed by atoms with Gasteiger partial charge in [0.25, 0.3) is 11.7 Å². The van der Waals surface area contributed by atoms with Gasteiger partial charge in [0.1, 0.15) is 11.5 Å². The number of aliphatic hydroxyl groups excluding tert-OH is 1. The maximum Gasteiger partial charge on any atom is 0.295 e. The van der Waals surface area contributed by atoms with E-state index < -0.39 is 17.7 Å². The van der Waals surface area contributed by atoms with E-state index in [0.29, 0.717) is 5.56 Å². The Morgan fingerprint density at radius 3 is 2.32 bits per heavy atom. The fourth-order valence-corrected chi connectivity index (χ4v) is 5.02. The van der Waals surface area contributed by atoms with E-state index in [-0.39, 0.29) is 17.4 Å². The smallest absolute Gasteiger partial charge is 0.295 e. The number of ketones is 1. The van der Waals surface area contributed by atoms with Gasteiger partial charge in [0.15, 0.2) is 0 Å². The number of Topliss-reactive ketones (excluding diaryl/α,β-unsaturated/α-hetero) is 1. The van der Waals surface area contributed by atoms with E-state index >= 15 is 0 Å². The van der Waals surface area contributed by atoms with Gasteiger partial charge in [-0.05, 0) is 68.0 Å². The number of aliphatic hydroxyl groups is 1. The second-order valence-electron chi connectivity index (χ2n) is 8.64. The maximum absolute atomic E-state index is 13.3. The molecule has 4 rings (SSSR count). The van der Waals surface area contributed by atoms with E-state index in [2.05, 4.69) is 0 Å². The van der Waals surface area contributed by atoms with Crippen LogP contribution in [0.3, 0.4) is 0 Å². The number of rotatable bonds is 4. The number of benzene rings is 2. The monoisotopic (exact) mass is 419 g/mol. The number of hydrogen-bond acceptors (Lipinski definition) is 4. The van der Waals surface area contributed by atoms with Crippen molar-refractivity contribution >= 4 is 17.4 Å². The minimum atomic E-state index is -0.606. The summed E-state index contributed by atoms with van der Waals surface area (Å²) in [5, 5.41) is 11.4. The van der Waals surface area contributed by atoms with Gasteiger partial charge in [-0.15, -0.1) is 0 Å². The Kier molecular flexibility index (Phi) is 5.61. The molecule has 0 aromatic heterocycles. The summed E-state index contributed by atoms with van der Waals surface area (Å²) < 4.78 is 5.39. The van der Waals surface area contributed by atoms with E-state index in [1.807, 2.05) is 57.2 Å². The van der Waals surface area contributed by atoms with Crippen LogP contribution >= 0.6 is 0 Å². The lowest BCUT2D eigenvalue weighted by Gasteiger charge is -2.31. The van der Waals surface area contributed by atoms with Gasteiger partial charge in [0.2, 0.25) is 0 Å². The number of amides is 1. The van der Waals surface area contributed by atoms with E-state index in [4.69, 9.17) is 4.74 Å². The minimum absolute atomic E-state index is 0.0186. The highest BCUT2D eigenvalue weighted by molar-refractivity contribution is 6.46. The van der Waals surface area contributed by atoms with Crippen LogP contribution in [0.1, 0.15) is 59.5 Å². The van der Waals surface area contributed by atoms with Crippen LogP contribution in [0.15, 0.2) is 42.0 Å². The van der Waals surface area contributed by atoms with Gasteiger partial charge < -0.3 is 14.7 Å². The zero-order valence-corrected chi connectivity index (χ0v) is 18.6. The molecule has 1 atom stereocenters. The molecule has 5 nitrogen and oxygen atoms in total. The molecule has 1 N–H and O–H groups in total. The molecule has 1 amide bonds. The Morgan fingerprint density at radius 2 is 1.68 bits per heavy atom. The van der Waals surface area contributed by atoms with Crippen LogP contribution in [0.5, 0.6) is 5.75 Å². The predicted molar refractivity (Wildman–Crippen MR) is 120 cm³/mol. The number of nitrogens with zero attached hydrogens (tertiary/aromatic N) is 1. The highest BCUT2D eigenvalue weighted by atomic mass is 16.5. The third kappa shape index (κ3) is 3.52. The number of likely N-dealkylation sites (tertiary alicyclic amines) is 1. The first-order valence-electron chi connectivity index (χ1n) is 10.9. The van der Waals surface area contributed by atoms with Crippen molar-refractivity contribution in [2.75, 3.05) is 7.11 Å². The van der Waals surface area contributed by atoms with Crippen molar-refractivity contribution in [3.63, 3.8) is 0 Å². The molecule has 0 spiro atoms. The molecule has 2 aromatic rings. The quantitative estimate of drug-likeness (QED) is 0.431. The summed E-state index contributed by atoms with van der Waals surface area (Å²) >= 11 is 0. The summed E-state index contributed by atoms with van der Waals surface area (Å²) in [5.41, 5.74) is 4.26. The first kappa shape index (κ1) is 21.2. The molecule has 2 aliphatic rings. The van der Waals surface area contributed by atoms with Gasteiger partial charge >= 0.3 is 0 Å². The van der Waals surface area contributed by atoms with Crippen molar-refractivity contribution in [3.05, 3.63) is 69.8 Å². The van der Waals surface area contributed by atoms with Gasteiger partial charge in [-0.25, -0.2) is 0 Å². The molecule has 2 fully saturated rings. The van der Waals surface area contributed by atoms with Crippen molar-refractivity contribution < 1.29 is 19.4 Å². The molecule has 2 aromatic carbocycles. The summed E-state index contributed by atoms with van der Waals surface area (Å²) in [7, 11) is 1.60. The molecular formula is C26H29NO4. The predicted octanol–water partition coefficient (Wildman–Crippen LogP) is 4.98. The van der Waals surface area contributed by atoms with Crippen molar-refractivity contribution in [2.45, 2.75) is 58.5 Å². The Bertz CT molecular complexity index is 1080. The molecule has 1 aliphatic carbocycles. The van der Waals surface area contributed by atoms with Gasteiger partial charge in [0, 0.05) is 11.6 Å². The van der Waals surface area contributed by atoms with Crippen LogP contribution in [0.2, 0.25) is 0 Å². The van der Waals surface area contributed by atoms with Crippen LogP contribution < -0.4 is 4.74 Å². The maximum atomic E-state index is 13.3. The average molecular weight is 420 g/mol. The third-order valence-corrected chi connectivity index (χ3v) is 6.68. The molecule has 1 aliphatic heterocycles. The highest BCUT2D eigenvalue weighted by Crippen LogP contribution is 2.44. The molecule has 0 bridgehead atoms. The first-order chi connectivity index (χ1) is 14.8. The van der Waals surface area contributed by atoms with Crippen LogP contribution in [-0.2, 0) is 9.59 Å². The zero-order chi connectivity index (χ0) is 22.3. The molecule has 5 heteroatoms. The second-order valence-corrected chi connectivity index (χ2v) is 8.64. The summed E-state index contributed by atoms with van der Waals surface area (Å²) in [6.45, 7) is 5.74. The van der Waals surface area contributed by atoms with E-state index in [0.717, 1.165) is 53.7 Å². The lowest BCUT2D eigenvalue weighted by Crippen LogP contribution is -2.37. The third-order valence-electron chi connectivity index (χ3n) is 6.68. The second kappa shape index (κ2) is 8.22.